The number of allylic oxidation sites excluding steroid dienone is 1. The average molecular weight is 274 g/mol. The van der Waals surface area contributed by atoms with Gasteiger partial charge in [0.2, 0.25) is 0 Å². The topological polar surface area (TPSA) is 64.4 Å². The number of hydrogen-bond donors (Lipinski definition) is 1. The van der Waals surface area contributed by atoms with Gasteiger partial charge in [-0.05, 0) is 55.4 Å². The Morgan fingerprint density at radius 2 is 2.25 bits per heavy atom. The van der Waals surface area contributed by atoms with E-state index in [0.29, 0.717) is 0 Å². The van der Waals surface area contributed by atoms with Crippen LogP contribution in [0.2, 0.25) is 0 Å². The van der Waals surface area contributed by atoms with E-state index >= 15 is 0 Å². The molecule has 1 saturated heterocycles. The van der Waals surface area contributed by atoms with Gasteiger partial charge in [-0.15, -0.1) is 0 Å². The molecule has 1 fully saturated rings. The summed E-state index contributed by atoms with van der Waals surface area (Å²) in [4.78, 5) is 10.3. The summed E-state index contributed by atoms with van der Waals surface area (Å²) in [5, 5.41) is 14.1. The molecule has 1 N–H and O–H groups in total. The van der Waals surface area contributed by atoms with Crippen molar-refractivity contribution in [3.63, 3.8) is 0 Å². The van der Waals surface area contributed by atoms with Crippen molar-refractivity contribution in [2.24, 2.45) is 0 Å². The second kappa shape index (κ2) is 4.81. The van der Waals surface area contributed by atoms with E-state index in [1.807, 2.05) is 6.07 Å². The maximum atomic E-state index is 10.7. The van der Waals surface area contributed by atoms with Gasteiger partial charge in [0.15, 0.2) is 0 Å². The van der Waals surface area contributed by atoms with E-state index in [2.05, 4.69) is 17.4 Å². The molecule has 5 heteroatoms. The number of ether oxygens (including phenoxy) is 1. The SMILES string of the molecule is COc1ccc2c(c1)CCC21CCCC(=C[N+](=O)[O-])N1. The molecule has 1 aromatic carbocycles. The molecule has 1 aliphatic heterocycles. The third-order valence-corrected chi connectivity index (χ3v) is 4.36. The summed E-state index contributed by atoms with van der Waals surface area (Å²) in [5.41, 5.74) is 3.18. The fraction of sp³-hybridized carbons (Fsp3) is 0.467. The zero-order valence-electron chi connectivity index (χ0n) is 11.5. The van der Waals surface area contributed by atoms with Crippen LogP contribution in [-0.4, -0.2) is 12.0 Å². The Bertz CT molecular complexity index is 582. The lowest BCUT2D eigenvalue weighted by Gasteiger charge is -2.37. The van der Waals surface area contributed by atoms with Gasteiger partial charge in [-0.25, -0.2) is 0 Å². The third kappa shape index (κ3) is 2.13. The Labute approximate surface area is 117 Å². The molecule has 3 rings (SSSR count). The van der Waals surface area contributed by atoms with E-state index in [1.165, 1.54) is 11.1 Å². The lowest BCUT2D eigenvalue weighted by atomic mass is 9.82. The largest absolute Gasteiger partial charge is 0.497 e. The van der Waals surface area contributed by atoms with Crippen LogP contribution in [0.1, 0.15) is 36.8 Å². The monoisotopic (exact) mass is 274 g/mol. The normalized spacial score (nSPS) is 26.4. The van der Waals surface area contributed by atoms with Crippen molar-refractivity contribution in [2.75, 3.05) is 7.11 Å². The molecule has 0 amide bonds. The minimum absolute atomic E-state index is 0.123. The van der Waals surface area contributed by atoms with E-state index in [4.69, 9.17) is 4.74 Å². The number of benzene rings is 1. The van der Waals surface area contributed by atoms with Gasteiger partial charge in [-0.2, -0.15) is 0 Å². The zero-order valence-corrected chi connectivity index (χ0v) is 11.5. The van der Waals surface area contributed by atoms with Crippen LogP contribution in [-0.2, 0) is 12.0 Å². The number of piperidine rings is 1. The number of nitro groups is 1. The third-order valence-electron chi connectivity index (χ3n) is 4.36. The summed E-state index contributed by atoms with van der Waals surface area (Å²) in [6, 6.07) is 6.15. The fourth-order valence-corrected chi connectivity index (χ4v) is 3.48. The molecular formula is C15H18N2O3. The van der Waals surface area contributed by atoms with Crippen molar-refractivity contribution < 1.29 is 9.66 Å². The Kier molecular flexibility index (Phi) is 3.12. The summed E-state index contributed by atoms with van der Waals surface area (Å²) < 4.78 is 5.27. The van der Waals surface area contributed by atoms with Crippen LogP contribution >= 0.6 is 0 Å². The van der Waals surface area contributed by atoms with Gasteiger partial charge in [-0.3, -0.25) is 10.1 Å². The first kappa shape index (κ1) is 13.0. The molecule has 1 atom stereocenters. The number of aryl methyl sites for hydroxylation is 1. The molecule has 1 heterocycles. The van der Waals surface area contributed by atoms with Crippen LogP contribution in [0.5, 0.6) is 5.75 Å². The second-order valence-electron chi connectivity index (χ2n) is 5.52. The summed E-state index contributed by atoms with van der Waals surface area (Å²) in [5.74, 6) is 0.873. The van der Waals surface area contributed by atoms with Gasteiger partial charge >= 0.3 is 0 Å². The summed E-state index contributed by atoms with van der Waals surface area (Å²) >= 11 is 0. The Morgan fingerprint density at radius 3 is 3.00 bits per heavy atom. The van der Waals surface area contributed by atoms with Crippen molar-refractivity contribution in [1.82, 2.24) is 5.32 Å². The zero-order chi connectivity index (χ0) is 14.2. The molecule has 106 valence electrons. The number of methoxy groups -OCH3 is 1. The highest BCUT2D eigenvalue weighted by atomic mass is 16.6. The first-order valence-corrected chi connectivity index (χ1v) is 6.93. The molecule has 20 heavy (non-hydrogen) atoms. The van der Waals surface area contributed by atoms with Crippen molar-refractivity contribution in [2.45, 2.75) is 37.6 Å². The molecule has 0 bridgehead atoms. The predicted molar refractivity (Wildman–Crippen MR) is 75.1 cm³/mol. The standard InChI is InChI=1S/C15H18N2O3/c1-20-13-4-5-14-11(9-13)6-8-15(14)7-2-3-12(16-15)10-17(18)19/h4-5,9-10,16H,2-3,6-8H2,1H3. The highest BCUT2D eigenvalue weighted by Gasteiger charge is 2.41. The van der Waals surface area contributed by atoms with Gasteiger partial charge in [0.05, 0.1) is 23.3 Å². The van der Waals surface area contributed by atoms with Crippen LogP contribution in [0.25, 0.3) is 0 Å². The number of hydrogen-bond acceptors (Lipinski definition) is 4. The highest BCUT2D eigenvalue weighted by Crippen LogP contribution is 2.44. The Hall–Kier alpha value is -2.04. The summed E-state index contributed by atoms with van der Waals surface area (Å²) in [6.07, 6.45) is 5.87. The number of fused-ring (bicyclic) bond motifs is 2. The molecule has 0 aromatic heterocycles. The molecular weight excluding hydrogens is 256 g/mol. The molecule has 1 spiro atoms. The van der Waals surface area contributed by atoms with E-state index in [0.717, 1.165) is 49.8 Å². The quantitative estimate of drug-likeness (QED) is 0.665. The molecule has 0 radical (unpaired) electrons. The minimum Gasteiger partial charge on any atom is -0.497 e. The number of nitrogens with zero attached hydrogens (tertiary/aromatic N) is 1. The minimum atomic E-state index is -0.370. The smallest absolute Gasteiger partial charge is 0.253 e. The van der Waals surface area contributed by atoms with Gasteiger partial charge < -0.3 is 10.1 Å². The van der Waals surface area contributed by atoms with Crippen LogP contribution in [0, 0.1) is 10.1 Å². The first-order chi connectivity index (χ1) is 9.63. The second-order valence-corrected chi connectivity index (χ2v) is 5.52. The van der Waals surface area contributed by atoms with E-state index in [9.17, 15) is 10.1 Å². The number of nitrogens with one attached hydrogen (secondary N) is 1. The maximum Gasteiger partial charge on any atom is 0.253 e. The average Bonchev–Trinajstić information content (AvgIpc) is 2.76. The van der Waals surface area contributed by atoms with Crippen LogP contribution in [0.4, 0.5) is 0 Å². The lowest BCUT2D eigenvalue weighted by molar-refractivity contribution is -0.404. The Balaban J connectivity index is 1.94. The highest BCUT2D eigenvalue weighted by molar-refractivity contribution is 5.44. The van der Waals surface area contributed by atoms with Gasteiger partial charge in [-0.1, -0.05) is 6.07 Å². The first-order valence-electron chi connectivity index (χ1n) is 6.93. The van der Waals surface area contributed by atoms with Gasteiger partial charge in [0.25, 0.3) is 6.20 Å². The Morgan fingerprint density at radius 1 is 1.40 bits per heavy atom. The van der Waals surface area contributed by atoms with Gasteiger partial charge in [0, 0.05) is 0 Å². The summed E-state index contributed by atoms with van der Waals surface area (Å²) in [7, 11) is 1.67. The van der Waals surface area contributed by atoms with Crippen molar-refractivity contribution >= 4 is 0 Å². The number of rotatable bonds is 2. The van der Waals surface area contributed by atoms with Crippen LogP contribution < -0.4 is 10.1 Å². The molecule has 0 saturated carbocycles. The van der Waals surface area contributed by atoms with Crippen molar-refractivity contribution in [3.05, 3.63) is 51.3 Å². The van der Waals surface area contributed by atoms with E-state index < -0.39 is 0 Å². The van der Waals surface area contributed by atoms with Crippen molar-refractivity contribution in [3.8, 4) is 5.75 Å². The maximum absolute atomic E-state index is 10.7. The van der Waals surface area contributed by atoms with Crippen molar-refractivity contribution in [1.29, 1.82) is 0 Å². The predicted octanol–water partition coefficient (Wildman–Crippen LogP) is 2.73. The molecule has 1 unspecified atom stereocenters. The summed E-state index contributed by atoms with van der Waals surface area (Å²) in [6.45, 7) is 0. The van der Waals surface area contributed by atoms with Crippen LogP contribution in [0.3, 0.4) is 0 Å². The van der Waals surface area contributed by atoms with E-state index in [1.54, 1.807) is 7.11 Å². The molecule has 2 aliphatic rings. The molecule has 5 nitrogen and oxygen atoms in total. The lowest BCUT2D eigenvalue weighted by Crippen LogP contribution is -2.43. The van der Waals surface area contributed by atoms with E-state index in [-0.39, 0.29) is 10.5 Å². The fourth-order valence-electron chi connectivity index (χ4n) is 3.48. The molecule has 1 aliphatic carbocycles. The molecule has 1 aromatic rings. The van der Waals surface area contributed by atoms with Gasteiger partial charge in [0.1, 0.15) is 5.75 Å². The van der Waals surface area contributed by atoms with Crippen LogP contribution in [0.15, 0.2) is 30.1 Å².